The minimum atomic E-state index is -1.09. The van der Waals surface area contributed by atoms with Crippen LogP contribution in [0.25, 0.3) is 0 Å². The third kappa shape index (κ3) is 3.65. The normalized spacial score (nSPS) is 25.6. The first-order valence-electron chi connectivity index (χ1n) is 8.35. The van der Waals surface area contributed by atoms with E-state index in [1.807, 2.05) is 11.8 Å². The second kappa shape index (κ2) is 7.29. The van der Waals surface area contributed by atoms with Crippen molar-refractivity contribution in [2.45, 2.75) is 57.5 Å². The van der Waals surface area contributed by atoms with Crippen molar-refractivity contribution < 1.29 is 19.1 Å². The van der Waals surface area contributed by atoms with Gasteiger partial charge in [0.2, 0.25) is 5.91 Å². The molecule has 1 N–H and O–H groups in total. The van der Waals surface area contributed by atoms with Crippen LogP contribution < -0.4 is 5.32 Å². The van der Waals surface area contributed by atoms with Gasteiger partial charge in [-0.15, -0.1) is 0 Å². The smallest absolute Gasteiger partial charge is 0.325 e. The first-order valence-corrected chi connectivity index (χ1v) is 8.35. The third-order valence-electron chi connectivity index (χ3n) is 4.75. The summed E-state index contributed by atoms with van der Waals surface area (Å²) in [5, 5.41) is 2.61. The summed E-state index contributed by atoms with van der Waals surface area (Å²) >= 11 is 0. The van der Waals surface area contributed by atoms with Crippen LogP contribution in [0.4, 0.5) is 4.79 Å². The largest absolute Gasteiger partial charge is 0.382 e. The van der Waals surface area contributed by atoms with Crippen molar-refractivity contribution >= 4 is 17.8 Å². The molecule has 1 saturated heterocycles. The van der Waals surface area contributed by atoms with Crippen LogP contribution in [-0.4, -0.2) is 66.0 Å². The Hall–Kier alpha value is -1.63. The van der Waals surface area contributed by atoms with Crippen molar-refractivity contribution in [1.29, 1.82) is 0 Å². The molecule has 0 spiro atoms. The van der Waals surface area contributed by atoms with E-state index in [1.54, 1.807) is 6.92 Å². The second-order valence-electron chi connectivity index (χ2n) is 6.56. The first kappa shape index (κ1) is 17.7. The Morgan fingerprint density at radius 2 is 2.00 bits per heavy atom. The molecule has 0 radical (unpaired) electrons. The molecule has 2 aliphatic rings. The Labute approximate surface area is 137 Å². The van der Waals surface area contributed by atoms with Gasteiger partial charge >= 0.3 is 6.03 Å². The van der Waals surface area contributed by atoms with Gasteiger partial charge in [0.25, 0.3) is 5.91 Å². The first-order chi connectivity index (χ1) is 10.9. The molecule has 0 aromatic heterocycles. The highest BCUT2D eigenvalue weighted by Gasteiger charge is 2.48. The third-order valence-corrected chi connectivity index (χ3v) is 4.75. The van der Waals surface area contributed by atoms with E-state index in [2.05, 4.69) is 5.32 Å². The maximum absolute atomic E-state index is 12.6. The average molecular weight is 325 g/mol. The molecule has 2 rings (SSSR count). The molecule has 1 saturated carbocycles. The van der Waals surface area contributed by atoms with E-state index >= 15 is 0 Å². The Morgan fingerprint density at radius 3 is 2.57 bits per heavy atom. The molecule has 23 heavy (non-hydrogen) atoms. The SMILES string of the molecule is CCN(C(=O)CN1C(=O)N[C@@](C)(COC)C1=O)C1CCCCC1. The van der Waals surface area contributed by atoms with Crippen LogP contribution in [0.1, 0.15) is 46.0 Å². The van der Waals surface area contributed by atoms with Crippen molar-refractivity contribution in [2.24, 2.45) is 0 Å². The van der Waals surface area contributed by atoms with E-state index in [4.69, 9.17) is 4.74 Å². The number of hydrogen-bond acceptors (Lipinski definition) is 4. The molecular formula is C16H27N3O4. The standard InChI is InChI=1S/C16H27N3O4/c1-4-18(12-8-6-5-7-9-12)13(20)10-19-14(21)16(2,11-23-3)17-15(19)22/h12H,4-11H2,1-3H3,(H,17,22)/t16-/m0/s1. The predicted molar refractivity (Wildman–Crippen MR) is 84.8 cm³/mol. The van der Waals surface area contributed by atoms with Crippen LogP contribution in [0.15, 0.2) is 0 Å². The highest BCUT2D eigenvalue weighted by atomic mass is 16.5. The molecular weight excluding hydrogens is 298 g/mol. The summed E-state index contributed by atoms with van der Waals surface area (Å²) in [6.45, 7) is 4.03. The van der Waals surface area contributed by atoms with Crippen molar-refractivity contribution in [1.82, 2.24) is 15.1 Å². The lowest BCUT2D eigenvalue weighted by Gasteiger charge is -2.34. The summed E-state index contributed by atoms with van der Waals surface area (Å²) in [7, 11) is 1.47. The molecule has 2 fully saturated rings. The lowest BCUT2D eigenvalue weighted by Crippen LogP contribution is -2.50. The summed E-state index contributed by atoms with van der Waals surface area (Å²) in [6, 6.07) is -0.296. The van der Waals surface area contributed by atoms with Gasteiger partial charge in [-0.1, -0.05) is 19.3 Å². The number of likely N-dealkylation sites (N-methyl/N-ethyl adjacent to an activating group) is 1. The molecule has 130 valence electrons. The van der Waals surface area contributed by atoms with Gasteiger partial charge in [-0.3, -0.25) is 14.5 Å². The number of hydrogen-bond donors (Lipinski definition) is 1. The van der Waals surface area contributed by atoms with Gasteiger partial charge in [-0.2, -0.15) is 0 Å². The maximum Gasteiger partial charge on any atom is 0.325 e. The summed E-state index contributed by atoms with van der Waals surface area (Å²) in [6.07, 6.45) is 5.47. The van der Waals surface area contributed by atoms with E-state index in [1.165, 1.54) is 13.5 Å². The summed E-state index contributed by atoms with van der Waals surface area (Å²) in [4.78, 5) is 39.9. The number of carbonyl (C=O) groups is 3. The number of carbonyl (C=O) groups excluding carboxylic acids is 3. The fourth-order valence-corrected chi connectivity index (χ4v) is 3.53. The zero-order valence-corrected chi connectivity index (χ0v) is 14.3. The monoisotopic (exact) mass is 325 g/mol. The molecule has 1 aliphatic carbocycles. The lowest BCUT2D eigenvalue weighted by atomic mass is 9.94. The number of ether oxygens (including phenoxy) is 1. The lowest BCUT2D eigenvalue weighted by molar-refractivity contribution is -0.141. The van der Waals surface area contributed by atoms with Gasteiger partial charge < -0.3 is 15.0 Å². The van der Waals surface area contributed by atoms with Crippen LogP contribution in [-0.2, 0) is 14.3 Å². The van der Waals surface area contributed by atoms with Gasteiger partial charge in [-0.25, -0.2) is 4.79 Å². The number of imide groups is 1. The molecule has 1 heterocycles. The molecule has 7 nitrogen and oxygen atoms in total. The summed E-state index contributed by atoms with van der Waals surface area (Å²) in [5.41, 5.74) is -1.09. The Bertz CT molecular complexity index is 476. The van der Waals surface area contributed by atoms with Gasteiger partial charge in [0.05, 0.1) is 6.61 Å². The number of nitrogens with zero attached hydrogens (tertiary/aromatic N) is 2. The molecule has 0 aromatic rings. The predicted octanol–water partition coefficient (Wildman–Crippen LogP) is 1.12. The number of rotatable bonds is 6. The van der Waals surface area contributed by atoms with Gasteiger partial charge in [0.15, 0.2) is 0 Å². The molecule has 1 aliphatic heterocycles. The van der Waals surface area contributed by atoms with Crippen LogP contribution in [0, 0.1) is 0 Å². The van der Waals surface area contributed by atoms with E-state index in [-0.39, 0.29) is 25.1 Å². The fraction of sp³-hybridized carbons (Fsp3) is 0.812. The highest BCUT2D eigenvalue weighted by Crippen LogP contribution is 2.23. The molecule has 1 atom stereocenters. The minimum Gasteiger partial charge on any atom is -0.382 e. The van der Waals surface area contributed by atoms with Crippen molar-refractivity contribution in [3.05, 3.63) is 0 Å². The summed E-state index contributed by atoms with van der Waals surface area (Å²) in [5.74, 6) is -0.568. The number of nitrogens with one attached hydrogen (secondary N) is 1. The second-order valence-corrected chi connectivity index (χ2v) is 6.56. The molecule has 0 aromatic carbocycles. The Balaban J connectivity index is 2.03. The van der Waals surface area contributed by atoms with Crippen LogP contribution >= 0.6 is 0 Å². The molecule has 4 amide bonds. The van der Waals surface area contributed by atoms with E-state index < -0.39 is 17.5 Å². The molecule has 0 unspecified atom stereocenters. The number of methoxy groups -OCH3 is 1. The number of amides is 4. The van der Waals surface area contributed by atoms with Crippen LogP contribution in [0.2, 0.25) is 0 Å². The van der Waals surface area contributed by atoms with E-state index in [0.29, 0.717) is 6.54 Å². The zero-order chi connectivity index (χ0) is 17.0. The summed E-state index contributed by atoms with van der Waals surface area (Å²) < 4.78 is 5.01. The van der Waals surface area contributed by atoms with E-state index in [9.17, 15) is 14.4 Å². The Morgan fingerprint density at radius 1 is 1.35 bits per heavy atom. The van der Waals surface area contributed by atoms with Crippen LogP contribution in [0.5, 0.6) is 0 Å². The van der Waals surface area contributed by atoms with Crippen molar-refractivity contribution in [3.8, 4) is 0 Å². The van der Waals surface area contributed by atoms with E-state index in [0.717, 1.165) is 30.6 Å². The van der Waals surface area contributed by atoms with Gasteiger partial charge in [-0.05, 0) is 26.7 Å². The van der Waals surface area contributed by atoms with Crippen molar-refractivity contribution in [2.75, 3.05) is 26.8 Å². The van der Waals surface area contributed by atoms with Gasteiger partial charge in [0.1, 0.15) is 12.1 Å². The Kier molecular flexibility index (Phi) is 5.62. The topological polar surface area (TPSA) is 79.0 Å². The molecule has 7 heteroatoms. The van der Waals surface area contributed by atoms with Crippen molar-refractivity contribution in [3.63, 3.8) is 0 Å². The fourth-order valence-electron chi connectivity index (χ4n) is 3.53. The number of urea groups is 1. The minimum absolute atomic E-state index is 0.0857. The van der Waals surface area contributed by atoms with Crippen LogP contribution in [0.3, 0.4) is 0 Å². The highest BCUT2D eigenvalue weighted by molar-refractivity contribution is 6.08. The molecule has 0 bridgehead atoms. The average Bonchev–Trinajstić information content (AvgIpc) is 2.73. The quantitative estimate of drug-likeness (QED) is 0.742. The maximum atomic E-state index is 12.6. The zero-order valence-electron chi connectivity index (χ0n) is 14.3. The van der Waals surface area contributed by atoms with Gasteiger partial charge in [0, 0.05) is 19.7 Å².